The highest BCUT2D eigenvalue weighted by Gasteiger charge is 2.29. The molecule has 2 aromatic carbocycles. The van der Waals surface area contributed by atoms with E-state index in [0.717, 1.165) is 5.69 Å². The Bertz CT molecular complexity index is 1270. The molecule has 1 aromatic heterocycles. The topological polar surface area (TPSA) is 110 Å². The number of carbonyl (C=O) groups is 2. The minimum absolute atomic E-state index is 0.146. The van der Waals surface area contributed by atoms with Crippen molar-refractivity contribution in [3.8, 4) is 16.9 Å². The van der Waals surface area contributed by atoms with Crippen LogP contribution in [0.2, 0.25) is 0 Å². The third-order valence-corrected chi connectivity index (χ3v) is 7.54. The molecule has 2 heterocycles. The molecule has 166 valence electrons. The quantitative estimate of drug-likeness (QED) is 0.598. The van der Waals surface area contributed by atoms with Gasteiger partial charge in [-0.3, -0.25) is 9.59 Å². The van der Waals surface area contributed by atoms with E-state index in [-0.39, 0.29) is 23.1 Å². The van der Waals surface area contributed by atoms with Gasteiger partial charge >= 0.3 is 0 Å². The van der Waals surface area contributed by atoms with Gasteiger partial charge in [-0.15, -0.1) is 5.10 Å². The Morgan fingerprint density at radius 3 is 2.53 bits per heavy atom. The first kappa shape index (κ1) is 21.8. The first-order chi connectivity index (χ1) is 15.3. The van der Waals surface area contributed by atoms with Gasteiger partial charge < -0.3 is 10.6 Å². The molecule has 0 aliphatic carbocycles. The summed E-state index contributed by atoms with van der Waals surface area (Å²) in [5.74, 6) is -0.565. The van der Waals surface area contributed by atoms with Gasteiger partial charge in [0, 0.05) is 24.6 Å². The highest BCUT2D eigenvalue weighted by molar-refractivity contribution is 7.92. The van der Waals surface area contributed by atoms with Gasteiger partial charge in [-0.2, -0.15) is 0 Å². The van der Waals surface area contributed by atoms with Crippen LogP contribution < -0.4 is 10.6 Å². The van der Waals surface area contributed by atoms with Crippen molar-refractivity contribution in [2.75, 3.05) is 11.9 Å². The molecule has 8 nitrogen and oxygen atoms in total. The van der Waals surface area contributed by atoms with Gasteiger partial charge in [-0.05, 0) is 38.1 Å². The Hall–Kier alpha value is -3.46. The fraction of sp³-hybridized carbons (Fsp3) is 0.261. The Morgan fingerprint density at radius 2 is 1.88 bits per heavy atom. The van der Waals surface area contributed by atoms with E-state index in [9.17, 15) is 18.0 Å². The van der Waals surface area contributed by atoms with Crippen LogP contribution >= 0.6 is 0 Å². The number of amides is 2. The third kappa shape index (κ3) is 4.29. The average Bonchev–Trinajstić information content (AvgIpc) is 3.41. The normalized spacial score (nSPS) is 16.2. The summed E-state index contributed by atoms with van der Waals surface area (Å²) in [7, 11) is -3.45. The van der Waals surface area contributed by atoms with Gasteiger partial charge in [0.2, 0.25) is 11.8 Å². The molecule has 1 aliphatic rings. The van der Waals surface area contributed by atoms with E-state index in [1.54, 1.807) is 48.9 Å². The van der Waals surface area contributed by atoms with Crippen molar-refractivity contribution in [2.45, 2.75) is 30.4 Å². The van der Waals surface area contributed by atoms with Gasteiger partial charge in [0.05, 0.1) is 27.4 Å². The maximum atomic E-state index is 12.7. The standard InChI is InChI=1S/C23H24N4O4S/c1-15(2)32(30,31)19-10-6-7-16(11-19)20-13-21(25-23(29)17-12-22(28)24-14-17)26-27(20)18-8-4-3-5-9-18/h3-11,13,15,17H,12,14H2,1-2H3,(H,24,28)(H,25,26,29)/t17-/m0/s1. The van der Waals surface area contributed by atoms with E-state index in [4.69, 9.17) is 0 Å². The summed E-state index contributed by atoms with van der Waals surface area (Å²) in [6.45, 7) is 3.59. The summed E-state index contributed by atoms with van der Waals surface area (Å²) in [6, 6.07) is 17.8. The molecular formula is C23H24N4O4S. The van der Waals surface area contributed by atoms with Gasteiger partial charge in [0.15, 0.2) is 15.7 Å². The minimum atomic E-state index is -3.45. The number of para-hydroxylation sites is 1. The van der Waals surface area contributed by atoms with Crippen molar-refractivity contribution in [3.05, 3.63) is 60.7 Å². The fourth-order valence-corrected chi connectivity index (χ4v) is 4.64. The predicted octanol–water partition coefficient (Wildman–Crippen LogP) is 2.80. The third-order valence-electron chi connectivity index (χ3n) is 5.39. The number of hydrogen-bond donors (Lipinski definition) is 2. The molecule has 0 bridgehead atoms. The van der Waals surface area contributed by atoms with Crippen molar-refractivity contribution >= 4 is 27.5 Å². The lowest BCUT2D eigenvalue weighted by atomic mass is 10.1. The number of nitrogens with one attached hydrogen (secondary N) is 2. The van der Waals surface area contributed by atoms with Crippen molar-refractivity contribution in [3.63, 3.8) is 0 Å². The molecule has 1 fully saturated rings. The SMILES string of the molecule is CC(C)S(=O)(=O)c1cccc(-c2cc(NC(=O)[C@@H]3CNC(=O)C3)nn2-c2ccccc2)c1. The minimum Gasteiger partial charge on any atom is -0.355 e. The lowest BCUT2D eigenvalue weighted by Crippen LogP contribution is -2.24. The van der Waals surface area contributed by atoms with Crippen LogP contribution in [0.15, 0.2) is 65.6 Å². The fourth-order valence-electron chi connectivity index (χ4n) is 3.54. The molecule has 2 N–H and O–H groups in total. The largest absolute Gasteiger partial charge is 0.355 e. The second-order valence-corrected chi connectivity index (χ2v) is 10.5. The Kier molecular flexibility index (Phi) is 5.84. The molecule has 3 aromatic rings. The van der Waals surface area contributed by atoms with Crippen LogP contribution in [0.1, 0.15) is 20.3 Å². The summed E-state index contributed by atoms with van der Waals surface area (Å²) < 4.78 is 27.0. The van der Waals surface area contributed by atoms with Gasteiger partial charge in [-0.1, -0.05) is 30.3 Å². The summed E-state index contributed by atoms with van der Waals surface area (Å²) in [4.78, 5) is 24.3. The second kappa shape index (κ2) is 8.58. The van der Waals surface area contributed by atoms with E-state index < -0.39 is 21.0 Å². The molecule has 0 spiro atoms. The molecule has 9 heteroatoms. The van der Waals surface area contributed by atoms with Crippen molar-refractivity contribution in [1.29, 1.82) is 0 Å². The smallest absolute Gasteiger partial charge is 0.230 e. The van der Waals surface area contributed by atoms with Crippen molar-refractivity contribution < 1.29 is 18.0 Å². The zero-order valence-electron chi connectivity index (χ0n) is 17.8. The highest BCUT2D eigenvalue weighted by Crippen LogP contribution is 2.29. The van der Waals surface area contributed by atoms with E-state index in [1.807, 2.05) is 30.3 Å². The van der Waals surface area contributed by atoms with Crippen LogP contribution in [0.5, 0.6) is 0 Å². The number of rotatable bonds is 6. The zero-order valence-corrected chi connectivity index (χ0v) is 18.6. The molecule has 0 saturated carbocycles. The van der Waals surface area contributed by atoms with Crippen LogP contribution in [-0.2, 0) is 19.4 Å². The monoisotopic (exact) mass is 452 g/mol. The first-order valence-electron chi connectivity index (χ1n) is 10.3. The van der Waals surface area contributed by atoms with Crippen molar-refractivity contribution in [2.24, 2.45) is 5.92 Å². The first-order valence-corrected chi connectivity index (χ1v) is 11.9. The van der Waals surface area contributed by atoms with E-state index >= 15 is 0 Å². The summed E-state index contributed by atoms with van der Waals surface area (Å²) >= 11 is 0. The number of nitrogens with zero attached hydrogens (tertiary/aromatic N) is 2. The Balaban J connectivity index is 1.74. The van der Waals surface area contributed by atoms with Crippen LogP contribution in [0.4, 0.5) is 5.82 Å². The predicted molar refractivity (Wildman–Crippen MR) is 121 cm³/mol. The van der Waals surface area contributed by atoms with Crippen LogP contribution in [0.3, 0.4) is 0 Å². The highest BCUT2D eigenvalue weighted by atomic mass is 32.2. The van der Waals surface area contributed by atoms with E-state index in [1.165, 1.54) is 0 Å². The number of anilines is 1. The lowest BCUT2D eigenvalue weighted by molar-refractivity contribution is -0.123. The number of carbonyl (C=O) groups excluding carboxylic acids is 2. The van der Waals surface area contributed by atoms with Crippen LogP contribution in [0.25, 0.3) is 16.9 Å². The van der Waals surface area contributed by atoms with Crippen LogP contribution in [0, 0.1) is 5.92 Å². The molecule has 32 heavy (non-hydrogen) atoms. The molecule has 1 saturated heterocycles. The molecule has 2 amide bonds. The molecule has 4 rings (SSSR count). The number of aromatic nitrogens is 2. The second-order valence-electron chi connectivity index (χ2n) is 7.98. The van der Waals surface area contributed by atoms with Crippen molar-refractivity contribution in [1.82, 2.24) is 15.1 Å². The van der Waals surface area contributed by atoms with Gasteiger partial charge in [0.1, 0.15) is 0 Å². The molecule has 1 atom stereocenters. The summed E-state index contributed by atoms with van der Waals surface area (Å²) in [6.07, 6.45) is 0.146. The molecular weight excluding hydrogens is 428 g/mol. The molecule has 0 radical (unpaired) electrons. The maximum Gasteiger partial charge on any atom is 0.230 e. The van der Waals surface area contributed by atoms with E-state index in [0.29, 0.717) is 23.6 Å². The van der Waals surface area contributed by atoms with Crippen LogP contribution in [-0.4, -0.2) is 41.8 Å². The molecule has 1 aliphatic heterocycles. The van der Waals surface area contributed by atoms with E-state index in [2.05, 4.69) is 15.7 Å². The lowest BCUT2D eigenvalue weighted by Gasteiger charge is -2.11. The Morgan fingerprint density at radius 1 is 1.12 bits per heavy atom. The summed E-state index contributed by atoms with van der Waals surface area (Å²) in [5.41, 5.74) is 2.05. The zero-order chi connectivity index (χ0) is 22.9. The number of benzene rings is 2. The van der Waals surface area contributed by atoms with Gasteiger partial charge in [-0.25, -0.2) is 13.1 Å². The summed E-state index contributed by atoms with van der Waals surface area (Å²) in [5, 5.41) is 9.44. The average molecular weight is 453 g/mol. The molecule has 0 unspecified atom stereocenters. The number of hydrogen-bond acceptors (Lipinski definition) is 5. The van der Waals surface area contributed by atoms with Gasteiger partial charge in [0.25, 0.3) is 0 Å². The number of sulfone groups is 1. The maximum absolute atomic E-state index is 12.7. The Labute approximate surface area is 186 Å².